The molecule has 0 N–H and O–H groups in total. The van der Waals surface area contributed by atoms with E-state index in [1.807, 2.05) is 118 Å². The van der Waals surface area contributed by atoms with Gasteiger partial charge in [0, 0.05) is 31.2 Å². The van der Waals surface area contributed by atoms with E-state index in [9.17, 15) is 0 Å². The van der Waals surface area contributed by atoms with Crippen molar-refractivity contribution in [2.24, 2.45) is 5.41 Å². The Morgan fingerprint density at radius 1 is 0.800 bits per heavy atom. The molecular weight excluding hydrogens is 851 g/mol. The van der Waals surface area contributed by atoms with Gasteiger partial charge in [0.15, 0.2) is 0 Å². The summed E-state index contributed by atoms with van der Waals surface area (Å²) >= 11 is -2.24. The second-order valence-corrected chi connectivity index (χ2v) is 24.9. The Morgan fingerprint density at radius 3 is 2.26 bits per heavy atom. The summed E-state index contributed by atoms with van der Waals surface area (Å²) in [6.45, 7) is 5.88. The Morgan fingerprint density at radius 2 is 1.52 bits per heavy atom. The molecule has 0 bridgehead atoms. The average molecular weight is 895 g/mol. The van der Waals surface area contributed by atoms with Crippen LogP contribution in [0.15, 0.2) is 132 Å². The van der Waals surface area contributed by atoms with Crippen LogP contribution in [0.4, 0.5) is 0 Å². The van der Waals surface area contributed by atoms with Crippen LogP contribution in [0, 0.1) is 17.5 Å². The Hall–Kier alpha value is -4.29. The molecule has 4 nitrogen and oxygen atoms in total. The first-order valence-corrected chi connectivity index (χ1v) is 24.0. The van der Waals surface area contributed by atoms with Crippen molar-refractivity contribution < 1.29 is 27.3 Å². The predicted molar refractivity (Wildman–Crippen MR) is 207 cm³/mol. The smallest absolute Gasteiger partial charge is 0.120 e. The first kappa shape index (κ1) is 32.9. The standard InChI is InChI=1S/C25H15N2O.C19H26GeN.Ir/c1-2-9-17(10-3-1)27-22-15-6-5-14-21(22)26-25(27)20-13-8-12-19-18-11-4-7-16-23(18)28-24(19)20;1-19(2,3)13-16-12-18(15-10-8-7-9-11-15)21-14-17(16)20(4,5)6;/h1-12,14-16H;7-10,12,14H,13H2,1-6H3;/q2*-1;/i;13D2;. The Kier molecular flexibility index (Phi) is 9.55. The third-order valence-electron chi connectivity index (χ3n) is 8.34. The molecule has 0 atom stereocenters. The normalized spacial score (nSPS) is 12.6. The number of pyridine rings is 1. The SMILES string of the molecule is [2H]C([2H])(c1cc(-c2[c-]cccc2)nc[c]1[Ge]([CH3])([CH3])[CH3])C(C)(C)C.[Ir].[c-]1ccc2c(oc3ccccc32)c1-c1nc2ccccc2n1-c1ccccc1. The van der Waals surface area contributed by atoms with Gasteiger partial charge in [0.25, 0.3) is 0 Å². The summed E-state index contributed by atoms with van der Waals surface area (Å²) in [6.07, 6.45) is 0.502. The zero-order chi connectivity index (χ0) is 36.0. The summed E-state index contributed by atoms with van der Waals surface area (Å²) in [5.41, 5.74) is 7.66. The van der Waals surface area contributed by atoms with Crippen LogP contribution < -0.4 is 4.40 Å². The van der Waals surface area contributed by atoms with Gasteiger partial charge in [-0.1, -0.05) is 59.5 Å². The fraction of sp³-hybridized carbons (Fsp3) is 0.182. The van der Waals surface area contributed by atoms with Gasteiger partial charge in [-0.2, -0.15) is 0 Å². The van der Waals surface area contributed by atoms with E-state index in [1.54, 1.807) is 0 Å². The second kappa shape index (κ2) is 14.5. The third-order valence-corrected chi connectivity index (χ3v) is 12.6. The minimum Gasteiger partial charge on any atom is -0.501 e. The molecule has 3 aromatic heterocycles. The van der Waals surface area contributed by atoms with Gasteiger partial charge in [0.2, 0.25) is 0 Å². The number of hydrogen-bond donors (Lipinski definition) is 0. The number of furan rings is 1. The molecular formula is C44H41GeIrN3O-2. The van der Waals surface area contributed by atoms with Gasteiger partial charge >= 0.3 is 135 Å². The molecule has 6 heteroatoms. The number of fused-ring (bicyclic) bond motifs is 4. The summed E-state index contributed by atoms with van der Waals surface area (Å²) in [5, 5.41) is 2.19. The van der Waals surface area contributed by atoms with Gasteiger partial charge in [0.05, 0.1) is 22.4 Å². The number of benzene rings is 5. The molecule has 253 valence electrons. The molecule has 8 rings (SSSR count). The number of nitrogens with zero attached hydrogens (tertiary/aromatic N) is 3. The predicted octanol–water partition coefficient (Wildman–Crippen LogP) is 11.1. The number of rotatable bonds is 5. The van der Waals surface area contributed by atoms with Crippen LogP contribution in [0.2, 0.25) is 17.3 Å². The summed E-state index contributed by atoms with van der Waals surface area (Å²) in [7, 11) is 0. The molecule has 8 aromatic rings. The molecule has 50 heavy (non-hydrogen) atoms. The fourth-order valence-electron chi connectivity index (χ4n) is 6.15. The monoisotopic (exact) mass is 896 g/mol. The molecule has 1 radical (unpaired) electrons. The van der Waals surface area contributed by atoms with E-state index in [-0.39, 0.29) is 20.1 Å². The molecule has 0 saturated carbocycles. The third kappa shape index (κ3) is 7.41. The van der Waals surface area contributed by atoms with Gasteiger partial charge < -0.3 is 8.98 Å². The molecule has 0 unspecified atom stereocenters. The molecule has 0 aliphatic heterocycles. The Bertz CT molecular complexity index is 2480. The van der Waals surface area contributed by atoms with E-state index in [2.05, 4.69) is 69.3 Å². The zero-order valence-electron chi connectivity index (χ0n) is 31.2. The van der Waals surface area contributed by atoms with E-state index < -0.39 is 25.1 Å². The number of para-hydroxylation sites is 4. The van der Waals surface area contributed by atoms with Gasteiger partial charge in [0.1, 0.15) is 5.58 Å². The molecule has 0 spiro atoms. The number of hydrogen-bond acceptors (Lipinski definition) is 3. The maximum absolute atomic E-state index is 8.76. The van der Waals surface area contributed by atoms with Gasteiger partial charge in [-0.25, -0.2) is 0 Å². The van der Waals surface area contributed by atoms with E-state index in [1.165, 1.54) is 0 Å². The fourth-order valence-corrected chi connectivity index (χ4v) is 9.07. The first-order chi connectivity index (χ1) is 24.3. The summed E-state index contributed by atoms with van der Waals surface area (Å²) in [6, 6.07) is 46.8. The molecule has 0 aliphatic carbocycles. The largest absolute Gasteiger partial charge is 0.501 e. The van der Waals surface area contributed by atoms with Crippen molar-refractivity contribution in [3.05, 3.63) is 145 Å². The van der Waals surface area contributed by atoms with Crippen LogP contribution in [0.1, 0.15) is 29.1 Å². The van der Waals surface area contributed by atoms with Crippen LogP contribution in [-0.4, -0.2) is 27.8 Å². The van der Waals surface area contributed by atoms with Gasteiger partial charge in [-0.05, 0) is 30.3 Å². The summed E-state index contributed by atoms with van der Waals surface area (Å²) < 4.78 is 27.1. The summed E-state index contributed by atoms with van der Waals surface area (Å²) in [5.74, 6) is 7.69. The van der Waals surface area contributed by atoms with Crippen molar-refractivity contribution in [2.75, 3.05) is 0 Å². The van der Waals surface area contributed by atoms with Crippen molar-refractivity contribution in [2.45, 2.75) is 44.4 Å². The maximum Gasteiger partial charge on any atom is 0.120 e. The van der Waals surface area contributed by atoms with Crippen molar-refractivity contribution in [1.29, 1.82) is 0 Å². The van der Waals surface area contributed by atoms with E-state index in [0.717, 1.165) is 71.3 Å². The maximum atomic E-state index is 8.76. The second-order valence-electron chi connectivity index (χ2n) is 14.3. The van der Waals surface area contributed by atoms with Crippen molar-refractivity contribution in [3.63, 3.8) is 0 Å². The topological polar surface area (TPSA) is 43.9 Å². The molecule has 0 aliphatic rings. The van der Waals surface area contributed by atoms with Crippen molar-refractivity contribution in [1.82, 2.24) is 14.5 Å². The zero-order valence-corrected chi connectivity index (χ0v) is 33.7. The molecule has 0 fully saturated rings. The quantitative estimate of drug-likeness (QED) is 0.128. The van der Waals surface area contributed by atoms with Gasteiger partial charge in [-0.15, -0.1) is 18.2 Å². The van der Waals surface area contributed by atoms with E-state index in [4.69, 9.17) is 12.1 Å². The van der Waals surface area contributed by atoms with Crippen molar-refractivity contribution >= 4 is 50.6 Å². The number of imidazole rings is 1. The molecule has 5 aromatic carbocycles. The van der Waals surface area contributed by atoms with Crippen molar-refractivity contribution in [3.8, 4) is 28.3 Å². The van der Waals surface area contributed by atoms with Crippen LogP contribution >= 0.6 is 0 Å². The number of aromatic nitrogens is 3. The van der Waals surface area contributed by atoms with E-state index in [0.29, 0.717) is 0 Å². The average Bonchev–Trinajstić information content (AvgIpc) is 3.70. The van der Waals surface area contributed by atoms with Crippen LogP contribution in [0.5, 0.6) is 0 Å². The Labute approximate surface area is 314 Å². The van der Waals surface area contributed by atoms with Crippen LogP contribution in [0.25, 0.3) is 61.3 Å². The first-order valence-electron chi connectivity index (χ1n) is 17.7. The minimum absolute atomic E-state index is 0. The summed E-state index contributed by atoms with van der Waals surface area (Å²) in [4.78, 5) is 9.57. The van der Waals surface area contributed by atoms with Crippen LogP contribution in [0.3, 0.4) is 0 Å². The van der Waals surface area contributed by atoms with Crippen LogP contribution in [-0.2, 0) is 26.5 Å². The molecule has 0 amide bonds. The molecule has 0 saturated heterocycles. The molecule has 3 heterocycles. The van der Waals surface area contributed by atoms with Gasteiger partial charge in [-0.3, -0.25) is 4.98 Å². The van der Waals surface area contributed by atoms with E-state index >= 15 is 0 Å². The minimum atomic E-state index is -2.24. The Balaban J connectivity index is 0.000000179.